The molecule has 3 rings (SSSR count). The minimum Gasteiger partial charge on any atom is -0.282 e. The predicted molar refractivity (Wildman–Crippen MR) is 91.0 cm³/mol. The Labute approximate surface area is 126 Å². The van der Waals surface area contributed by atoms with Crippen LogP contribution in [0.2, 0.25) is 0 Å². The molecule has 0 amide bonds. The molecule has 0 spiro atoms. The Balaban J connectivity index is 1.99. The van der Waals surface area contributed by atoms with Gasteiger partial charge in [0.2, 0.25) is 0 Å². The number of fused-ring (bicyclic) bond motifs is 1. The first-order valence-corrected chi connectivity index (χ1v) is 7.33. The van der Waals surface area contributed by atoms with E-state index in [1.165, 1.54) is 21.9 Å². The maximum Gasteiger partial charge on any atom is 0.0730 e. The highest BCUT2D eigenvalue weighted by Crippen LogP contribution is 2.26. The van der Waals surface area contributed by atoms with E-state index in [0.29, 0.717) is 0 Å². The molecule has 0 bridgehead atoms. The van der Waals surface area contributed by atoms with E-state index >= 15 is 0 Å². The highest BCUT2D eigenvalue weighted by Gasteiger charge is 2.08. The summed E-state index contributed by atoms with van der Waals surface area (Å²) < 4.78 is 0. The molecular weight excluding hydrogens is 254 g/mol. The zero-order valence-corrected chi connectivity index (χ0v) is 12.5. The second-order valence-electron chi connectivity index (χ2n) is 5.32. The van der Waals surface area contributed by atoms with Crippen LogP contribution in [-0.4, -0.2) is 5.71 Å². The van der Waals surface area contributed by atoms with Crippen molar-refractivity contribution in [3.05, 3.63) is 83.9 Å². The first kappa shape index (κ1) is 13.6. The molecule has 1 heteroatoms. The zero-order chi connectivity index (χ0) is 14.7. The van der Waals surface area contributed by atoms with Gasteiger partial charge in [0, 0.05) is 5.71 Å². The topological polar surface area (TPSA) is 12.4 Å². The van der Waals surface area contributed by atoms with E-state index < -0.39 is 0 Å². The van der Waals surface area contributed by atoms with Gasteiger partial charge in [0.15, 0.2) is 0 Å². The van der Waals surface area contributed by atoms with Crippen molar-refractivity contribution in [2.24, 2.45) is 4.99 Å². The maximum absolute atomic E-state index is 4.88. The third kappa shape index (κ3) is 2.87. The van der Waals surface area contributed by atoms with Gasteiger partial charge in [0.05, 0.1) is 6.04 Å². The van der Waals surface area contributed by atoms with E-state index in [9.17, 15) is 0 Å². The quantitative estimate of drug-likeness (QED) is 0.566. The normalized spacial score (nSPS) is 13.3. The summed E-state index contributed by atoms with van der Waals surface area (Å²) in [6.45, 7) is 4.24. The van der Waals surface area contributed by atoms with Gasteiger partial charge < -0.3 is 0 Å². The molecule has 0 heterocycles. The lowest BCUT2D eigenvalue weighted by molar-refractivity contribution is 0.828. The van der Waals surface area contributed by atoms with Gasteiger partial charge in [-0.05, 0) is 35.7 Å². The first-order valence-electron chi connectivity index (χ1n) is 7.33. The summed E-state index contributed by atoms with van der Waals surface area (Å²) in [6, 6.07) is 25.4. The lowest BCUT2D eigenvalue weighted by atomic mass is 10.00. The molecule has 0 aliphatic carbocycles. The van der Waals surface area contributed by atoms with Crippen molar-refractivity contribution in [2.75, 3.05) is 0 Å². The summed E-state index contributed by atoms with van der Waals surface area (Å²) in [6.07, 6.45) is 0. The lowest BCUT2D eigenvalue weighted by Gasteiger charge is -2.12. The van der Waals surface area contributed by atoms with Gasteiger partial charge in [-0.15, -0.1) is 0 Å². The second kappa shape index (κ2) is 5.92. The van der Waals surface area contributed by atoms with Gasteiger partial charge in [0.25, 0.3) is 0 Å². The number of nitrogens with zero attached hydrogens (tertiary/aromatic N) is 1. The predicted octanol–water partition coefficient (Wildman–Crippen LogP) is 5.41. The Hall–Kier alpha value is -2.41. The Bertz CT molecular complexity index is 767. The molecule has 104 valence electrons. The number of hydrogen-bond donors (Lipinski definition) is 0. The Morgan fingerprint density at radius 3 is 2.29 bits per heavy atom. The highest BCUT2D eigenvalue weighted by atomic mass is 14.8. The minimum atomic E-state index is 0.149. The van der Waals surface area contributed by atoms with Crippen LogP contribution in [0.15, 0.2) is 77.8 Å². The fourth-order valence-corrected chi connectivity index (χ4v) is 2.73. The third-order valence-corrected chi connectivity index (χ3v) is 3.85. The van der Waals surface area contributed by atoms with E-state index in [0.717, 1.165) is 5.71 Å². The monoisotopic (exact) mass is 273 g/mol. The summed E-state index contributed by atoms with van der Waals surface area (Å²) >= 11 is 0. The fourth-order valence-electron chi connectivity index (χ4n) is 2.73. The van der Waals surface area contributed by atoms with Crippen molar-refractivity contribution in [1.29, 1.82) is 0 Å². The van der Waals surface area contributed by atoms with Crippen molar-refractivity contribution in [3.63, 3.8) is 0 Å². The van der Waals surface area contributed by atoms with Crippen LogP contribution in [0.1, 0.15) is 31.0 Å². The Kier molecular flexibility index (Phi) is 3.83. The summed E-state index contributed by atoms with van der Waals surface area (Å²) in [5, 5.41) is 2.56. The molecule has 0 aromatic heterocycles. The molecule has 0 aliphatic rings. The molecule has 3 aromatic carbocycles. The molecular formula is C20H19N. The summed E-state index contributed by atoms with van der Waals surface area (Å²) in [7, 11) is 0. The molecule has 0 fully saturated rings. The van der Waals surface area contributed by atoms with E-state index in [4.69, 9.17) is 4.99 Å². The van der Waals surface area contributed by atoms with Crippen LogP contribution in [0, 0.1) is 0 Å². The SMILES string of the molecule is CC(=N[C@H](C)c1cccc2ccccc12)c1ccccc1. The van der Waals surface area contributed by atoms with Crippen LogP contribution in [0.25, 0.3) is 10.8 Å². The minimum absolute atomic E-state index is 0.149. The van der Waals surface area contributed by atoms with Crippen LogP contribution in [-0.2, 0) is 0 Å². The van der Waals surface area contributed by atoms with Gasteiger partial charge in [-0.25, -0.2) is 0 Å². The third-order valence-electron chi connectivity index (χ3n) is 3.85. The average Bonchev–Trinajstić information content (AvgIpc) is 2.55. The van der Waals surface area contributed by atoms with Crippen LogP contribution in [0.3, 0.4) is 0 Å². The number of rotatable bonds is 3. The molecule has 1 nitrogen and oxygen atoms in total. The molecule has 0 radical (unpaired) electrons. The molecule has 0 saturated carbocycles. The van der Waals surface area contributed by atoms with Gasteiger partial charge in [-0.3, -0.25) is 4.99 Å². The summed E-state index contributed by atoms with van der Waals surface area (Å²) in [5.41, 5.74) is 3.55. The van der Waals surface area contributed by atoms with Crippen LogP contribution in [0.5, 0.6) is 0 Å². The number of benzene rings is 3. The van der Waals surface area contributed by atoms with Gasteiger partial charge >= 0.3 is 0 Å². The molecule has 21 heavy (non-hydrogen) atoms. The van der Waals surface area contributed by atoms with Crippen LogP contribution in [0.4, 0.5) is 0 Å². The van der Waals surface area contributed by atoms with E-state index in [1.54, 1.807) is 0 Å². The molecule has 0 N–H and O–H groups in total. The standard InChI is InChI=1S/C20H19N/c1-15(17-9-4-3-5-10-17)21-16(2)19-14-8-12-18-11-6-7-13-20(18)19/h3-14,16H,1-2H3/t16-/m1/s1. The Morgan fingerprint density at radius 1 is 0.810 bits per heavy atom. The zero-order valence-electron chi connectivity index (χ0n) is 12.5. The number of hydrogen-bond acceptors (Lipinski definition) is 1. The lowest BCUT2D eigenvalue weighted by Crippen LogP contribution is -1.99. The summed E-state index contributed by atoms with van der Waals surface area (Å²) in [4.78, 5) is 4.88. The highest BCUT2D eigenvalue weighted by molar-refractivity contribution is 5.99. The molecule has 0 saturated heterocycles. The van der Waals surface area contributed by atoms with E-state index in [1.807, 2.05) is 6.07 Å². The Morgan fingerprint density at radius 2 is 1.48 bits per heavy atom. The van der Waals surface area contributed by atoms with Crippen molar-refractivity contribution in [2.45, 2.75) is 19.9 Å². The number of aliphatic imine (C=N–C) groups is 1. The average molecular weight is 273 g/mol. The fraction of sp³-hybridized carbons (Fsp3) is 0.150. The van der Waals surface area contributed by atoms with Gasteiger partial charge in [-0.2, -0.15) is 0 Å². The van der Waals surface area contributed by atoms with Crippen LogP contribution >= 0.6 is 0 Å². The first-order chi connectivity index (χ1) is 10.3. The van der Waals surface area contributed by atoms with Crippen molar-refractivity contribution >= 4 is 16.5 Å². The molecule has 3 aromatic rings. The van der Waals surface area contributed by atoms with Crippen molar-refractivity contribution < 1.29 is 0 Å². The van der Waals surface area contributed by atoms with Crippen molar-refractivity contribution in [3.8, 4) is 0 Å². The smallest absolute Gasteiger partial charge is 0.0730 e. The molecule has 0 unspecified atom stereocenters. The largest absolute Gasteiger partial charge is 0.282 e. The second-order valence-corrected chi connectivity index (χ2v) is 5.32. The van der Waals surface area contributed by atoms with Gasteiger partial charge in [0.1, 0.15) is 0 Å². The van der Waals surface area contributed by atoms with E-state index in [2.05, 4.69) is 80.6 Å². The maximum atomic E-state index is 4.88. The van der Waals surface area contributed by atoms with Crippen LogP contribution < -0.4 is 0 Å². The summed E-state index contributed by atoms with van der Waals surface area (Å²) in [5.74, 6) is 0. The molecule has 1 atom stereocenters. The van der Waals surface area contributed by atoms with E-state index in [-0.39, 0.29) is 6.04 Å². The van der Waals surface area contributed by atoms with Gasteiger partial charge in [-0.1, -0.05) is 72.8 Å². The van der Waals surface area contributed by atoms with Crippen molar-refractivity contribution in [1.82, 2.24) is 0 Å². The molecule has 0 aliphatic heterocycles.